The van der Waals surface area contributed by atoms with Gasteiger partial charge in [-0.05, 0) is 23.6 Å². The van der Waals surface area contributed by atoms with E-state index in [2.05, 4.69) is 6.07 Å². The molecule has 1 aliphatic heterocycles. The van der Waals surface area contributed by atoms with Gasteiger partial charge in [-0.15, -0.1) is 0 Å². The number of nitrogens with zero attached hydrogens (tertiary/aromatic N) is 1. The predicted molar refractivity (Wildman–Crippen MR) is 88.6 cm³/mol. The Morgan fingerprint density at radius 2 is 1.87 bits per heavy atom. The molecule has 0 aliphatic carbocycles. The molecule has 4 heteroatoms. The summed E-state index contributed by atoms with van der Waals surface area (Å²) in [6.45, 7) is 1.71. The molecule has 3 rings (SSSR count). The van der Waals surface area contributed by atoms with Gasteiger partial charge in [-0.3, -0.25) is 0 Å². The summed E-state index contributed by atoms with van der Waals surface area (Å²) in [5.41, 5.74) is 2.16. The van der Waals surface area contributed by atoms with Crippen molar-refractivity contribution in [3.05, 3.63) is 65.7 Å². The van der Waals surface area contributed by atoms with Crippen LogP contribution in [-0.4, -0.2) is 31.2 Å². The lowest BCUT2D eigenvalue weighted by Gasteiger charge is -2.17. The summed E-state index contributed by atoms with van der Waals surface area (Å²) in [7, 11) is 1.68. The second-order valence-corrected chi connectivity index (χ2v) is 5.71. The second kappa shape index (κ2) is 7.18. The minimum atomic E-state index is -0.244. The van der Waals surface area contributed by atoms with E-state index in [9.17, 15) is 4.79 Å². The van der Waals surface area contributed by atoms with E-state index >= 15 is 0 Å². The number of carbonyl (C=O) groups excluding carboxylic acids is 1. The first kappa shape index (κ1) is 15.4. The van der Waals surface area contributed by atoms with Crippen molar-refractivity contribution in [1.29, 1.82) is 0 Å². The molecule has 0 spiro atoms. The zero-order valence-electron chi connectivity index (χ0n) is 13.3. The van der Waals surface area contributed by atoms with Crippen LogP contribution in [0.4, 0.5) is 4.79 Å². The summed E-state index contributed by atoms with van der Waals surface area (Å²) in [4.78, 5) is 14.0. The molecule has 23 heavy (non-hydrogen) atoms. The van der Waals surface area contributed by atoms with Crippen LogP contribution in [0.1, 0.15) is 23.5 Å². The normalized spacial score (nSPS) is 17.1. The highest BCUT2D eigenvalue weighted by molar-refractivity contribution is 5.68. The Bertz CT molecular complexity index is 657. The number of amides is 1. The van der Waals surface area contributed by atoms with Crippen molar-refractivity contribution in [2.45, 2.75) is 18.9 Å². The number of ether oxygens (including phenoxy) is 2. The molecule has 1 amide bonds. The summed E-state index contributed by atoms with van der Waals surface area (Å²) in [5.74, 6) is 1.19. The average molecular weight is 311 g/mol. The predicted octanol–water partition coefficient (Wildman–Crippen LogP) is 3.82. The molecule has 1 fully saturated rings. The maximum Gasteiger partial charge on any atom is 0.410 e. The molecule has 0 N–H and O–H groups in total. The number of likely N-dealkylation sites (tertiary alicyclic amines) is 1. The summed E-state index contributed by atoms with van der Waals surface area (Å²) in [6.07, 6.45) is 0.687. The lowest BCUT2D eigenvalue weighted by Crippen LogP contribution is -2.29. The van der Waals surface area contributed by atoms with Crippen molar-refractivity contribution >= 4 is 6.09 Å². The maximum atomic E-state index is 12.2. The molecule has 2 aromatic rings. The lowest BCUT2D eigenvalue weighted by molar-refractivity contribution is 0.104. The first-order valence-corrected chi connectivity index (χ1v) is 7.86. The Labute approximate surface area is 136 Å². The van der Waals surface area contributed by atoms with Crippen molar-refractivity contribution in [1.82, 2.24) is 4.90 Å². The number of methoxy groups -OCH3 is 1. The van der Waals surface area contributed by atoms with Crippen LogP contribution in [0.5, 0.6) is 5.75 Å². The minimum absolute atomic E-state index is 0.244. The lowest BCUT2D eigenvalue weighted by atomic mass is 9.97. The fourth-order valence-electron chi connectivity index (χ4n) is 2.99. The van der Waals surface area contributed by atoms with E-state index < -0.39 is 0 Å². The fourth-order valence-corrected chi connectivity index (χ4v) is 2.99. The van der Waals surface area contributed by atoms with Gasteiger partial charge in [0, 0.05) is 19.0 Å². The van der Waals surface area contributed by atoms with Gasteiger partial charge in [0.15, 0.2) is 0 Å². The highest BCUT2D eigenvalue weighted by atomic mass is 16.6. The Morgan fingerprint density at radius 3 is 2.65 bits per heavy atom. The summed E-state index contributed by atoms with van der Waals surface area (Å²) >= 11 is 0. The molecular formula is C19H21NO3. The highest BCUT2D eigenvalue weighted by Gasteiger charge is 2.29. The third-order valence-corrected chi connectivity index (χ3v) is 4.23. The van der Waals surface area contributed by atoms with Crippen LogP contribution in [0.15, 0.2) is 54.6 Å². The third-order valence-electron chi connectivity index (χ3n) is 4.23. The van der Waals surface area contributed by atoms with Crippen LogP contribution in [0, 0.1) is 0 Å². The molecule has 1 unspecified atom stereocenters. The van der Waals surface area contributed by atoms with Gasteiger partial charge in [0.1, 0.15) is 12.4 Å². The summed E-state index contributed by atoms with van der Waals surface area (Å²) in [6, 6.07) is 17.7. The van der Waals surface area contributed by atoms with E-state index in [0.717, 1.165) is 29.8 Å². The molecule has 1 saturated heterocycles. The van der Waals surface area contributed by atoms with Gasteiger partial charge in [0.25, 0.3) is 0 Å². The van der Waals surface area contributed by atoms with Crippen molar-refractivity contribution < 1.29 is 14.3 Å². The van der Waals surface area contributed by atoms with Crippen molar-refractivity contribution in [2.75, 3.05) is 20.2 Å². The summed E-state index contributed by atoms with van der Waals surface area (Å²) in [5, 5.41) is 0. The number of benzene rings is 2. The topological polar surface area (TPSA) is 38.8 Å². The van der Waals surface area contributed by atoms with E-state index in [1.807, 2.05) is 48.5 Å². The first-order chi connectivity index (χ1) is 11.3. The number of carbonyl (C=O) groups is 1. The number of rotatable bonds is 4. The van der Waals surface area contributed by atoms with E-state index in [-0.39, 0.29) is 6.09 Å². The average Bonchev–Trinajstić information content (AvgIpc) is 3.10. The van der Waals surface area contributed by atoms with Crippen LogP contribution < -0.4 is 4.74 Å². The molecule has 0 radical (unpaired) electrons. The number of para-hydroxylation sites is 1. The molecule has 1 aliphatic rings. The second-order valence-electron chi connectivity index (χ2n) is 5.71. The molecular weight excluding hydrogens is 290 g/mol. The Hall–Kier alpha value is -2.49. The third kappa shape index (κ3) is 3.65. The van der Waals surface area contributed by atoms with Gasteiger partial charge in [-0.25, -0.2) is 4.79 Å². The van der Waals surface area contributed by atoms with Crippen molar-refractivity contribution in [3.8, 4) is 5.75 Å². The van der Waals surface area contributed by atoms with Gasteiger partial charge in [-0.1, -0.05) is 48.5 Å². The van der Waals surface area contributed by atoms with Gasteiger partial charge in [0.05, 0.1) is 7.11 Å². The molecule has 1 heterocycles. The Balaban J connectivity index is 1.58. The van der Waals surface area contributed by atoms with Gasteiger partial charge in [0.2, 0.25) is 0 Å². The standard InChI is InChI=1S/C19H21NO3/c1-22-18-10-6-5-9-17(18)16-11-12-20(13-16)19(21)23-14-15-7-3-2-4-8-15/h2-10,16H,11-14H2,1H3. The highest BCUT2D eigenvalue weighted by Crippen LogP contribution is 2.33. The molecule has 120 valence electrons. The van der Waals surface area contributed by atoms with Crippen molar-refractivity contribution in [2.24, 2.45) is 0 Å². The van der Waals surface area contributed by atoms with E-state index in [0.29, 0.717) is 19.1 Å². The quantitative estimate of drug-likeness (QED) is 0.861. The largest absolute Gasteiger partial charge is 0.496 e. The zero-order chi connectivity index (χ0) is 16.1. The van der Waals surface area contributed by atoms with Crippen LogP contribution in [0.3, 0.4) is 0 Å². The van der Waals surface area contributed by atoms with E-state index in [4.69, 9.17) is 9.47 Å². The smallest absolute Gasteiger partial charge is 0.410 e. The first-order valence-electron chi connectivity index (χ1n) is 7.86. The molecule has 0 aromatic heterocycles. The molecule has 0 saturated carbocycles. The van der Waals surface area contributed by atoms with Gasteiger partial charge < -0.3 is 14.4 Å². The summed E-state index contributed by atoms with van der Waals surface area (Å²) < 4.78 is 10.8. The van der Waals surface area contributed by atoms with E-state index in [1.165, 1.54) is 0 Å². The monoisotopic (exact) mass is 311 g/mol. The number of hydrogen-bond acceptors (Lipinski definition) is 3. The molecule has 1 atom stereocenters. The molecule has 0 bridgehead atoms. The Kier molecular flexibility index (Phi) is 4.81. The Morgan fingerprint density at radius 1 is 1.13 bits per heavy atom. The van der Waals surface area contributed by atoms with Crippen LogP contribution in [-0.2, 0) is 11.3 Å². The minimum Gasteiger partial charge on any atom is -0.496 e. The maximum absolute atomic E-state index is 12.2. The van der Waals surface area contributed by atoms with Gasteiger partial charge >= 0.3 is 6.09 Å². The zero-order valence-corrected chi connectivity index (χ0v) is 13.3. The van der Waals surface area contributed by atoms with E-state index in [1.54, 1.807) is 12.0 Å². The van der Waals surface area contributed by atoms with Gasteiger partial charge in [-0.2, -0.15) is 0 Å². The fraction of sp³-hybridized carbons (Fsp3) is 0.316. The SMILES string of the molecule is COc1ccccc1C1CCN(C(=O)OCc2ccccc2)C1. The van der Waals surface area contributed by atoms with Crippen LogP contribution >= 0.6 is 0 Å². The number of hydrogen-bond donors (Lipinski definition) is 0. The van der Waals surface area contributed by atoms with Crippen LogP contribution in [0.2, 0.25) is 0 Å². The van der Waals surface area contributed by atoms with Crippen molar-refractivity contribution in [3.63, 3.8) is 0 Å². The van der Waals surface area contributed by atoms with Crippen LogP contribution in [0.25, 0.3) is 0 Å². The molecule has 4 nitrogen and oxygen atoms in total. The molecule has 2 aromatic carbocycles.